The molecule has 0 bridgehead atoms. The average Bonchev–Trinajstić information content (AvgIpc) is 1.99. The van der Waals surface area contributed by atoms with Gasteiger partial charge in [-0.25, -0.2) is 0 Å². The van der Waals surface area contributed by atoms with Crippen molar-refractivity contribution in [2.75, 3.05) is 13.2 Å². The molecule has 0 aromatic heterocycles. The fourth-order valence-corrected chi connectivity index (χ4v) is 3.71. The van der Waals surface area contributed by atoms with Crippen LogP contribution in [0.3, 0.4) is 0 Å². The topological polar surface area (TPSA) is 69.7 Å². The number of hydrogen-bond donors (Lipinski definition) is 0. The molecule has 0 aliphatic carbocycles. The van der Waals surface area contributed by atoms with E-state index >= 15 is 0 Å². The second-order valence-corrected chi connectivity index (χ2v) is 6.19. The highest BCUT2D eigenvalue weighted by atomic mass is 32.2. The highest BCUT2D eigenvalue weighted by Gasteiger charge is 2.54. The van der Waals surface area contributed by atoms with Gasteiger partial charge in [0.2, 0.25) is 8.03 Å². The van der Waals surface area contributed by atoms with Crippen LogP contribution in [0.2, 0.25) is 0 Å². The van der Waals surface area contributed by atoms with Crippen LogP contribution in [0.25, 0.3) is 0 Å². The predicted octanol–water partition coefficient (Wildman–Crippen LogP) is 1.75. The molecule has 0 aliphatic rings. The molecule has 2 atom stereocenters. The Morgan fingerprint density at radius 1 is 1.25 bits per heavy atom. The van der Waals surface area contributed by atoms with Gasteiger partial charge in [0.05, 0.1) is 13.2 Å². The summed E-state index contributed by atoms with van der Waals surface area (Å²) in [5.74, 6) is 0. The molecule has 0 fully saturated rings. The Morgan fingerprint density at radius 3 is 2.06 bits per heavy atom. The van der Waals surface area contributed by atoms with E-state index in [9.17, 15) is 26.2 Å². The quantitative estimate of drug-likeness (QED) is 0.549. The lowest BCUT2D eigenvalue weighted by Crippen LogP contribution is -2.35. The van der Waals surface area contributed by atoms with E-state index in [-0.39, 0.29) is 6.61 Å². The van der Waals surface area contributed by atoms with E-state index < -0.39 is 35.9 Å². The van der Waals surface area contributed by atoms with Gasteiger partial charge in [-0.3, -0.25) is 8.75 Å². The minimum absolute atomic E-state index is 0.272. The summed E-state index contributed by atoms with van der Waals surface area (Å²) in [5.41, 5.74) is 0. The van der Waals surface area contributed by atoms with Crippen molar-refractivity contribution in [1.82, 2.24) is 0 Å². The molecule has 0 saturated heterocycles. The Morgan fingerprint density at radius 2 is 1.75 bits per heavy atom. The summed E-state index contributed by atoms with van der Waals surface area (Å²) in [5, 5.41) is 0. The summed E-state index contributed by atoms with van der Waals surface area (Å²) in [6.07, 6.45) is -5.18. The second-order valence-electron chi connectivity index (χ2n) is 2.57. The second kappa shape index (κ2) is 6.00. The first-order valence-electron chi connectivity index (χ1n) is 4.28. The summed E-state index contributed by atoms with van der Waals surface area (Å²) in [6, 6.07) is 0. The predicted molar refractivity (Wildman–Crippen MR) is 51.0 cm³/mol. The van der Waals surface area contributed by atoms with Crippen molar-refractivity contribution in [3.8, 4) is 0 Å². The van der Waals surface area contributed by atoms with Crippen molar-refractivity contribution in [3.05, 3.63) is 0 Å². The zero-order valence-electron chi connectivity index (χ0n) is 8.57. The van der Waals surface area contributed by atoms with Crippen LogP contribution in [0.4, 0.5) is 13.2 Å². The van der Waals surface area contributed by atoms with Crippen LogP contribution in [-0.4, -0.2) is 32.8 Å². The molecule has 0 spiro atoms. The maximum absolute atomic E-state index is 12.4. The Labute approximate surface area is 91.9 Å². The van der Waals surface area contributed by atoms with E-state index in [1.807, 2.05) is 0 Å². The molecule has 0 radical (unpaired) electrons. The van der Waals surface area contributed by atoms with Gasteiger partial charge >= 0.3 is 6.18 Å². The minimum atomic E-state index is -5.18. The van der Waals surface area contributed by atoms with Gasteiger partial charge < -0.3 is 4.52 Å². The first-order chi connectivity index (χ1) is 7.16. The first-order valence-corrected chi connectivity index (χ1v) is 7.15. The molecule has 10 heteroatoms. The monoisotopic (exact) mass is 284 g/mol. The molecule has 0 amide bonds. The summed E-state index contributed by atoms with van der Waals surface area (Å²) >= 11 is 0. The van der Waals surface area contributed by atoms with Crippen molar-refractivity contribution < 1.29 is 34.9 Å². The fourth-order valence-electron chi connectivity index (χ4n) is 0.865. The number of hydrogen-bond acceptors (Lipinski definition) is 5. The Hall–Kier alpha value is -0.110. The standard InChI is InChI=1S/C6H12F3O5PS/c1-3-13-15(10)5(6(7,8)9)16(11,12)14-4-2/h5,15H,3-4H2,1-2H3. The minimum Gasteiger partial charge on any atom is -0.330 e. The maximum atomic E-state index is 12.4. The van der Waals surface area contributed by atoms with Crippen LogP contribution in [0.5, 0.6) is 0 Å². The summed E-state index contributed by atoms with van der Waals surface area (Å²) in [6.45, 7) is 1.79. The maximum Gasteiger partial charge on any atom is 0.416 e. The molecule has 0 aromatic rings. The summed E-state index contributed by atoms with van der Waals surface area (Å²) in [4.78, 5) is -3.11. The molecule has 16 heavy (non-hydrogen) atoms. The molecule has 0 aromatic carbocycles. The van der Waals surface area contributed by atoms with Crippen molar-refractivity contribution >= 4 is 18.1 Å². The van der Waals surface area contributed by atoms with E-state index in [0.717, 1.165) is 0 Å². The van der Waals surface area contributed by atoms with E-state index in [4.69, 9.17) is 0 Å². The zero-order valence-corrected chi connectivity index (χ0v) is 10.4. The lowest BCUT2D eigenvalue weighted by Gasteiger charge is -2.18. The van der Waals surface area contributed by atoms with Crippen LogP contribution in [0.15, 0.2) is 0 Å². The Kier molecular flexibility index (Phi) is 5.95. The number of rotatable bonds is 6. The van der Waals surface area contributed by atoms with Crippen molar-refractivity contribution in [1.29, 1.82) is 0 Å². The third kappa shape index (κ3) is 4.40. The number of halogens is 3. The van der Waals surface area contributed by atoms with Crippen LogP contribution >= 0.6 is 8.03 Å². The summed E-state index contributed by atoms with van der Waals surface area (Å²) < 4.78 is 78.7. The smallest absolute Gasteiger partial charge is 0.330 e. The molecule has 0 heterocycles. The Balaban J connectivity index is 5.19. The van der Waals surface area contributed by atoms with Crippen LogP contribution in [0.1, 0.15) is 13.8 Å². The van der Waals surface area contributed by atoms with Gasteiger partial charge in [0.25, 0.3) is 15.1 Å². The SMILES string of the molecule is CCO[PH](=O)C(C(F)(F)F)S(=O)(=O)OCC. The van der Waals surface area contributed by atoms with E-state index in [2.05, 4.69) is 8.71 Å². The molecular formula is C6H12F3O5PS. The normalized spacial score (nSPS) is 17.1. The van der Waals surface area contributed by atoms with Crippen molar-refractivity contribution in [2.24, 2.45) is 0 Å². The van der Waals surface area contributed by atoms with Crippen molar-refractivity contribution in [2.45, 2.75) is 25.0 Å². The fraction of sp³-hybridized carbons (Fsp3) is 1.00. The van der Waals surface area contributed by atoms with E-state index in [1.54, 1.807) is 0 Å². The van der Waals surface area contributed by atoms with Crippen LogP contribution in [-0.2, 0) is 23.4 Å². The van der Waals surface area contributed by atoms with Gasteiger partial charge in [-0.1, -0.05) is 0 Å². The third-order valence-corrected chi connectivity index (χ3v) is 5.55. The summed E-state index contributed by atoms with van der Waals surface area (Å²) in [7, 11) is -8.77. The van der Waals surface area contributed by atoms with Gasteiger partial charge in [-0.15, -0.1) is 0 Å². The van der Waals surface area contributed by atoms with E-state index in [1.165, 1.54) is 13.8 Å². The molecule has 5 nitrogen and oxygen atoms in total. The average molecular weight is 284 g/mol. The van der Waals surface area contributed by atoms with Gasteiger partial charge in [-0.05, 0) is 13.8 Å². The zero-order chi connectivity index (χ0) is 13.0. The van der Waals surface area contributed by atoms with Crippen LogP contribution < -0.4 is 0 Å². The van der Waals surface area contributed by atoms with Gasteiger partial charge in [-0.2, -0.15) is 21.6 Å². The van der Waals surface area contributed by atoms with Crippen molar-refractivity contribution in [3.63, 3.8) is 0 Å². The molecule has 0 N–H and O–H groups in total. The molecule has 98 valence electrons. The highest BCUT2D eigenvalue weighted by Crippen LogP contribution is 2.44. The van der Waals surface area contributed by atoms with Crippen LogP contribution in [0, 0.1) is 0 Å². The Bertz CT molecular complexity index is 339. The van der Waals surface area contributed by atoms with E-state index in [0.29, 0.717) is 0 Å². The van der Waals surface area contributed by atoms with Gasteiger partial charge in [0.1, 0.15) is 0 Å². The number of alkyl halides is 3. The lowest BCUT2D eigenvalue weighted by molar-refractivity contribution is -0.117. The third-order valence-electron chi connectivity index (χ3n) is 1.37. The molecule has 2 unspecified atom stereocenters. The molecular weight excluding hydrogens is 272 g/mol. The molecule has 0 saturated carbocycles. The lowest BCUT2D eigenvalue weighted by atomic mass is 10.8. The van der Waals surface area contributed by atoms with Gasteiger partial charge in [0.15, 0.2) is 0 Å². The largest absolute Gasteiger partial charge is 0.416 e. The molecule has 0 rings (SSSR count). The highest BCUT2D eigenvalue weighted by molar-refractivity contribution is 7.93. The van der Waals surface area contributed by atoms with Gasteiger partial charge in [0, 0.05) is 0 Å². The first kappa shape index (κ1) is 15.9. The molecule has 0 aliphatic heterocycles.